The molecule has 0 saturated heterocycles. The first kappa shape index (κ1) is 32.7. The van der Waals surface area contributed by atoms with E-state index < -0.39 is 8.07 Å². The topological polar surface area (TPSA) is 67.6 Å². The Kier molecular flexibility index (Phi) is 16.4. The average molecular weight is 585 g/mol. The third-order valence-electron chi connectivity index (χ3n) is 6.25. The number of aromatic nitrogens is 3. The molecule has 1 aromatic rings. The molecule has 7 nitrogen and oxygen atoms in total. The quantitative estimate of drug-likeness (QED) is 0.0697. The Balaban J connectivity index is 2.63. The van der Waals surface area contributed by atoms with Crippen LogP contribution in [-0.4, -0.2) is 73.6 Å². The standard InChI is InChI=1S/C27H46BrN3O4Si/c1-9-12-34-26(16-28)20-33-19-25-17-31(30-29-25)18-27(35-13-10-2)21-32-14-11-15-36(22(3)4,23(5)6)24(7)8/h9-10,17,22-24,26-27H,1-2,12-14,16,18-21H2,3-8H3. The van der Waals surface area contributed by atoms with Crippen LogP contribution in [0, 0.1) is 11.5 Å². The van der Waals surface area contributed by atoms with Crippen molar-refractivity contribution in [2.24, 2.45) is 0 Å². The summed E-state index contributed by atoms with van der Waals surface area (Å²) in [7, 11) is -1.75. The van der Waals surface area contributed by atoms with Crippen molar-refractivity contribution in [1.29, 1.82) is 0 Å². The minimum absolute atomic E-state index is 0.0376. The van der Waals surface area contributed by atoms with E-state index in [4.69, 9.17) is 18.9 Å². The van der Waals surface area contributed by atoms with Crippen LogP contribution in [0.2, 0.25) is 16.6 Å². The van der Waals surface area contributed by atoms with Gasteiger partial charge in [-0.25, -0.2) is 4.68 Å². The Morgan fingerprint density at radius 3 is 2.11 bits per heavy atom. The molecular weight excluding hydrogens is 538 g/mol. The zero-order valence-corrected chi connectivity index (χ0v) is 25.6. The molecule has 0 aromatic carbocycles. The molecule has 0 aliphatic heterocycles. The van der Waals surface area contributed by atoms with Gasteiger partial charge in [0, 0.05) is 5.33 Å². The van der Waals surface area contributed by atoms with Crippen LogP contribution in [-0.2, 0) is 32.1 Å². The van der Waals surface area contributed by atoms with Gasteiger partial charge in [-0.3, -0.25) is 0 Å². The van der Waals surface area contributed by atoms with Crippen LogP contribution in [0.15, 0.2) is 31.5 Å². The lowest BCUT2D eigenvalue weighted by molar-refractivity contribution is -0.00776. The molecule has 2 unspecified atom stereocenters. The maximum Gasteiger partial charge on any atom is 0.146 e. The van der Waals surface area contributed by atoms with Crippen LogP contribution in [0.3, 0.4) is 0 Å². The first-order valence-electron chi connectivity index (χ1n) is 12.8. The minimum Gasteiger partial charge on any atom is -0.372 e. The van der Waals surface area contributed by atoms with E-state index in [1.54, 1.807) is 16.8 Å². The maximum absolute atomic E-state index is 5.92. The summed E-state index contributed by atoms with van der Waals surface area (Å²) in [4.78, 5) is 0. The summed E-state index contributed by atoms with van der Waals surface area (Å²) in [5.74, 6) is 3.34. The van der Waals surface area contributed by atoms with Crippen molar-refractivity contribution in [2.45, 2.75) is 83.5 Å². The molecule has 0 spiro atoms. The second-order valence-electron chi connectivity index (χ2n) is 9.80. The molecule has 0 bridgehead atoms. The molecule has 9 heteroatoms. The fraction of sp³-hybridized carbons (Fsp3) is 0.704. The fourth-order valence-electron chi connectivity index (χ4n) is 4.56. The van der Waals surface area contributed by atoms with Crippen LogP contribution >= 0.6 is 15.9 Å². The van der Waals surface area contributed by atoms with Gasteiger partial charge in [-0.2, -0.15) is 0 Å². The summed E-state index contributed by atoms with van der Waals surface area (Å²) in [6, 6.07) is 0. The van der Waals surface area contributed by atoms with E-state index >= 15 is 0 Å². The Morgan fingerprint density at radius 1 is 0.972 bits per heavy atom. The van der Waals surface area contributed by atoms with Gasteiger partial charge in [0.25, 0.3) is 0 Å². The molecule has 0 N–H and O–H groups in total. The van der Waals surface area contributed by atoms with Gasteiger partial charge in [0.05, 0.1) is 51.9 Å². The lowest BCUT2D eigenvalue weighted by Gasteiger charge is -2.38. The molecule has 36 heavy (non-hydrogen) atoms. The van der Waals surface area contributed by atoms with Crippen molar-refractivity contribution >= 4 is 24.0 Å². The van der Waals surface area contributed by atoms with Crippen LogP contribution in [0.5, 0.6) is 0 Å². The summed E-state index contributed by atoms with van der Waals surface area (Å²) in [5, 5.41) is 9.11. The van der Waals surface area contributed by atoms with E-state index in [0.717, 1.165) is 5.69 Å². The molecule has 0 amide bonds. The molecule has 0 fully saturated rings. The van der Waals surface area contributed by atoms with Gasteiger partial charge in [0.2, 0.25) is 0 Å². The first-order valence-corrected chi connectivity index (χ1v) is 16.1. The molecular formula is C27H46BrN3O4Si. The highest BCUT2D eigenvalue weighted by molar-refractivity contribution is 9.09. The number of ether oxygens (including phenoxy) is 4. The molecule has 1 heterocycles. The molecule has 0 aliphatic carbocycles. The van der Waals surface area contributed by atoms with E-state index in [1.807, 2.05) is 6.20 Å². The number of rotatable bonds is 19. The zero-order valence-electron chi connectivity index (χ0n) is 23.0. The summed E-state index contributed by atoms with van der Waals surface area (Å²) in [5.41, 5.74) is 6.25. The SMILES string of the molecule is C=CCOC(CBr)COCc1cn(CC(COCC#C[Si](C(C)C)(C(C)C)C(C)C)OCC=C)nn1. The molecule has 0 radical (unpaired) electrons. The first-order chi connectivity index (χ1) is 17.2. The van der Waals surface area contributed by atoms with Gasteiger partial charge in [0.15, 0.2) is 0 Å². The molecule has 1 rings (SSSR count). The van der Waals surface area contributed by atoms with Crippen molar-refractivity contribution in [3.05, 3.63) is 37.2 Å². The van der Waals surface area contributed by atoms with Gasteiger partial charge in [0.1, 0.15) is 26.5 Å². The normalized spacial score (nSPS) is 13.6. The highest BCUT2D eigenvalue weighted by Gasteiger charge is 2.41. The van der Waals surface area contributed by atoms with Crippen molar-refractivity contribution in [2.75, 3.05) is 38.4 Å². The monoisotopic (exact) mass is 583 g/mol. The second-order valence-corrected chi connectivity index (χ2v) is 16.0. The number of hydrogen-bond donors (Lipinski definition) is 0. The van der Waals surface area contributed by atoms with Gasteiger partial charge in [-0.05, 0) is 16.6 Å². The highest BCUT2D eigenvalue weighted by Crippen LogP contribution is 2.40. The highest BCUT2D eigenvalue weighted by atomic mass is 79.9. The average Bonchev–Trinajstić information content (AvgIpc) is 3.28. The summed E-state index contributed by atoms with van der Waals surface area (Å²) in [6.07, 6.45) is 5.10. The zero-order chi connectivity index (χ0) is 27.0. The molecule has 2 atom stereocenters. The van der Waals surface area contributed by atoms with Crippen molar-refractivity contribution in [3.8, 4) is 11.5 Å². The second kappa shape index (κ2) is 18.0. The van der Waals surface area contributed by atoms with Crippen molar-refractivity contribution < 1.29 is 18.9 Å². The van der Waals surface area contributed by atoms with Gasteiger partial charge in [-0.1, -0.05) is 80.8 Å². The van der Waals surface area contributed by atoms with E-state index in [2.05, 4.69) is 92.4 Å². The Hall–Kier alpha value is -1.28. The largest absolute Gasteiger partial charge is 0.372 e. The molecule has 204 valence electrons. The predicted molar refractivity (Wildman–Crippen MR) is 153 cm³/mol. The number of alkyl halides is 1. The van der Waals surface area contributed by atoms with E-state index in [0.29, 0.717) is 68.1 Å². The summed E-state index contributed by atoms with van der Waals surface area (Å²) < 4.78 is 24.9. The molecule has 0 aliphatic rings. The lowest BCUT2D eigenvalue weighted by atomic mass is 10.3. The van der Waals surface area contributed by atoms with Crippen LogP contribution in [0.1, 0.15) is 47.2 Å². The Labute approximate surface area is 228 Å². The summed E-state index contributed by atoms with van der Waals surface area (Å²) in [6.45, 7) is 24.4. The van der Waals surface area contributed by atoms with E-state index in [9.17, 15) is 0 Å². The minimum atomic E-state index is -1.75. The summed E-state index contributed by atoms with van der Waals surface area (Å²) >= 11 is 3.43. The third-order valence-corrected chi connectivity index (χ3v) is 13.3. The van der Waals surface area contributed by atoms with Gasteiger partial charge in [-0.15, -0.1) is 23.8 Å². The Morgan fingerprint density at radius 2 is 1.56 bits per heavy atom. The predicted octanol–water partition coefficient (Wildman–Crippen LogP) is 5.57. The van der Waals surface area contributed by atoms with Crippen LogP contribution in [0.4, 0.5) is 0 Å². The Bertz CT molecular complexity index is 798. The van der Waals surface area contributed by atoms with Crippen LogP contribution < -0.4 is 0 Å². The van der Waals surface area contributed by atoms with Crippen LogP contribution in [0.25, 0.3) is 0 Å². The number of halogens is 1. The maximum atomic E-state index is 5.92. The smallest absolute Gasteiger partial charge is 0.146 e. The fourth-order valence-corrected chi connectivity index (χ4v) is 10.2. The van der Waals surface area contributed by atoms with Gasteiger partial charge >= 0.3 is 0 Å². The lowest BCUT2D eigenvalue weighted by Crippen LogP contribution is -2.43. The molecule has 0 saturated carbocycles. The van der Waals surface area contributed by atoms with E-state index in [-0.39, 0.29) is 12.2 Å². The third kappa shape index (κ3) is 11.0. The van der Waals surface area contributed by atoms with Crippen molar-refractivity contribution in [1.82, 2.24) is 15.0 Å². The number of nitrogens with zero attached hydrogens (tertiary/aromatic N) is 3. The molecule has 1 aromatic heterocycles. The van der Waals surface area contributed by atoms with E-state index in [1.165, 1.54) is 0 Å². The number of hydrogen-bond acceptors (Lipinski definition) is 6. The van der Waals surface area contributed by atoms with Crippen molar-refractivity contribution in [3.63, 3.8) is 0 Å². The van der Waals surface area contributed by atoms with Gasteiger partial charge < -0.3 is 18.9 Å².